The van der Waals surface area contributed by atoms with E-state index in [1.807, 2.05) is 0 Å². The molecular formula is C10H5NO3S. The van der Waals surface area contributed by atoms with Crippen molar-refractivity contribution >= 4 is 28.7 Å². The summed E-state index contributed by atoms with van der Waals surface area (Å²) in [5, 5.41) is 1.76. The summed E-state index contributed by atoms with van der Waals surface area (Å²) in [5.74, 6) is 0.967. The van der Waals surface area contributed by atoms with Gasteiger partial charge >= 0.3 is 0 Å². The summed E-state index contributed by atoms with van der Waals surface area (Å²) in [6.07, 6.45) is 2.33. The SMILES string of the molecule is O=Cc1scc2oc(-c3ccco3)nc12. The summed E-state index contributed by atoms with van der Waals surface area (Å²) in [4.78, 5) is 15.5. The van der Waals surface area contributed by atoms with E-state index in [-0.39, 0.29) is 0 Å². The van der Waals surface area contributed by atoms with Gasteiger partial charge in [0.1, 0.15) is 5.52 Å². The number of rotatable bonds is 2. The number of oxazole rings is 1. The Morgan fingerprint density at radius 2 is 2.40 bits per heavy atom. The lowest BCUT2D eigenvalue weighted by atomic mass is 10.4. The number of carbonyl (C=O) groups excluding carboxylic acids is 1. The maximum atomic E-state index is 10.7. The van der Waals surface area contributed by atoms with Gasteiger partial charge in [-0.05, 0) is 12.1 Å². The lowest BCUT2D eigenvalue weighted by Crippen LogP contribution is -1.74. The maximum absolute atomic E-state index is 10.7. The summed E-state index contributed by atoms with van der Waals surface area (Å²) in [6.45, 7) is 0. The van der Waals surface area contributed by atoms with Crippen molar-refractivity contribution in [3.63, 3.8) is 0 Å². The monoisotopic (exact) mass is 219 g/mol. The summed E-state index contributed by atoms with van der Waals surface area (Å²) in [7, 11) is 0. The summed E-state index contributed by atoms with van der Waals surface area (Å²) < 4.78 is 10.6. The van der Waals surface area contributed by atoms with E-state index >= 15 is 0 Å². The van der Waals surface area contributed by atoms with Gasteiger partial charge in [-0.15, -0.1) is 11.3 Å². The van der Waals surface area contributed by atoms with Crippen LogP contribution in [0.4, 0.5) is 0 Å². The topological polar surface area (TPSA) is 56.2 Å². The Kier molecular flexibility index (Phi) is 1.72. The predicted octanol–water partition coefficient (Wildman–Crippen LogP) is 2.96. The second-order valence-corrected chi connectivity index (χ2v) is 3.84. The highest BCUT2D eigenvalue weighted by atomic mass is 32.1. The quantitative estimate of drug-likeness (QED) is 0.622. The third kappa shape index (κ3) is 1.20. The van der Waals surface area contributed by atoms with E-state index in [4.69, 9.17) is 8.83 Å². The van der Waals surface area contributed by atoms with Crippen molar-refractivity contribution < 1.29 is 13.6 Å². The Bertz CT molecular complexity index is 606. The average molecular weight is 219 g/mol. The molecule has 0 aliphatic rings. The number of carbonyl (C=O) groups is 1. The molecule has 0 unspecified atom stereocenters. The number of nitrogens with zero attached hydrogens (tertiary/aromatic N) is 1. The highest BCUT2D eigenvalue weighted by molar-refractivity contribution is 7.13. The molecule has 3 aromatic heterocycles. The van der Waals surface area contributed by atoms with Crippen molar-refractivity contribution in [2.24, 2.45) is 0 Å². The van der Waals surface area contributed by atoms with Crippen LogP contribution in [0.25, 0.3) is 22.8 Å². The summed E-state index contributed by atoms with van der Waals surface area (Å²) in [5.41, 5.74) is 1.22. The Labute approximate surface area is 88.1 Å². The van der Waals surface area contributed by atoms with E-state index in [9.17, 15) is 4.79 Å². The fourth-order valence-electron chi connectivity index (χ4n) is 1.35. The van der Waals surface area contributed by atoms with Crippen molar-refractivity contribution in [1.82, 2.24) is 4.98 Å². The number of furan rings is 1. The van der Waals surface area contributed by atoms with Crippen LogP contribution in [0.15, 0.2) is 32.6 Å². The molecule has 15 heavy (non-hydrogen) atoms. The summed E-state index contributed by atoms with van der Waals surface area (Å²) >= 11 is 1.32. The van der Waals surface area contributed by atoms with E-state index in [0.717, 1.165) is 6.29 Å². The Hall–Kier alpha value is -1.88. The van der Waals surface area contributed by atoms with E-state index in [1.165, 1.54) is 11.3 Å². The third-order valence-corrected chi connectivity index (χ3v) is 2.89. The molecule has 0 aliphatic heterocycles. The molecule has 0 radical (unpaired) electrons. The van der Waals surface area contributed by atoms with Crippen LogP contribution in [0.3, 0.4) is 0 Å². The number of fused-ring (bicyclic) bond motifs is 1. The van der Waals surface area contributed by atoms with Gasteiger partial charge in [-0.1, -0.05) is 0 Å². The number of hydrogen-bond donors (Lipinski definition) is 0. The first-order valence-corrected chi connectivity index (χ1v) is 5.13. The van der Waals surface area contributed by atoms with Gasteiger partial charge < -0.3 is 8.83 Å². The van der Waals surface area contributed by atoms with Crippen LogP contribution < -0.4 is 0 Å². The second-order valence-electron chi connectivity index (χ2n) is 2.93. The van der Waals surface area contributed by atoms with Gasteiger partial charge in [-0.25, -0.2) is 4.98 Å². The minimum atomic E-state index is 0.404. The molecule has 0 saturated carbocycles. The van der Waals surface area contributed by atoms with Crippen molar-refractivity contribution in [1.29, 1.82) is 0 Å². The highest BCUT2D eigenvalue weighted by Crippen LogP contribution is 2.29. The number of aromatic nitrogens is 1. The Balaban J connectivity index is 2.23. The largest absolute Gasteiger partial charge is 0.459 e. The molecule has 0 aliphatic carbocycles. The van der Waals surface area contributed by atoms with E-state index in [1.54, 1.807) is 23.8 Å². The van der Waals surface area contributed by atoms with Crippen molar-refractivity contribution in [2.45, 2.75) is 0 Å². The van der Waals surface area contributed by atoms with E-state index in [2.05, 4.69) is 4.98 Å². The molecule has 0 bridgehead atoms. The Morgan fingerprint density at radius 3 is 3.13 bits per heavy atom. The second kappa shape index (κ2) is 3.06. The van der Waals surface area contributed by atoms with Crippen LogP contribution >= 0.6 is 11.3 Å². The minimum absolute atomic E-state index is 0.404. The lowest BCUT2D eigenvalue weighted by Gasteiger charge is -1.84. The smallest absolute Gasteiger partial charge is 0.264 e. The Morgan fingerprint density at radius 1 is 1.47 bits per heavy atom. The molecule has 0 atom stereocenters. The molecule has 0 N–H and O–H groups in total. The molecule has 3 aromatic rings. The van der Waals surface area contributed by atoms with E-state index in [0.29, 0.717) is 27.6 Å². The average Bonchev–Trinajstić information content (AvgIpc) is 2.93. The first kappa shape index (κ1) is 8.43. The van der Waals surface area contributed by atoms with Gasteiger partial charge in [-0.3, -0.25) is 4.79 Å². The fraction of sp³-hybridized carbons (Fsp3) is 0. The van der Waals surface area contributed by atoms with Crippen LogP contribution in [-0.4, -0.2) is 11.3 Å². The molecule has 4 nitrogen and oxygen atoms in total. The summed E-state index contributed by atoms with van der Waals surface area (Å²) in [6, 6.07) is 3.52. The molecule has 0 aromatic carbocycles. The van der Waals surface area contributed by atoms with Gasteiger partial charge in [0.05, 0.1) is 11.1 Å². The van der Waals surface area contributed by atoms with E-state index < -0.39 is 0 Å². The third-order valence-electron chi connectivity index (χ3n) is 2.02. The molecule has 0 fully saturated rings. The lowest BCUT2D eigenvalue weighted by molar-refractivity contribution is 0.112. The van der Waals surface area contributed by atoms with Gasteiger partial charge in [0.2, 0.25) is 0 Å². The number of hydrogen-bond acceptors (Lipinski definition) is 5. The zero-order chi connectivity index (χ0) is 10.3. The molecule has 5 heteroatoms. The molecule has 0 saturated heterocycles. The van der Waals surface area contributed by atoms with Crippen molar-refractivity contribution in [2.75, 3.05) is 0 Å². The van der Waals surface area contributed by atoms with Crippen LogP contribution in [0.5, 0.6) is 0 Å². The number of aldehydes is 1. The molecule has 0 spiro atoms. The molecule has 74 valence electrons. The minimum Gasteiger partial charge on any atom is -0.459 e. The van der Waals surface area contributed by atoms with Crippen LogP contribution in [-0.2, 0) is 0 Å². The van der Waals surface area contributed by atoms with Crippen molar-refractivity contribution in [3.05, 3.63) is 28.7 Å². The first-order chi connectivity index (χ1) is 7.38. The first-order valence-electron chi connectivity index (χ1n) is 4.25. The molecular weight excluding hydrogens is 214 g/mol. The number of thiophene rings is 1. The molecule has 3 rings (SSSR count). The van der Waals surface area contributed by atoms with Crippen LogP contribution in [0.2, 0.25) is 0 Å². The molecule has 0 amide bonds. The normalized spacial score (nSPS) is 10.9. The van der Waals surface area contributed by atoms with Gasteiger partial charge in [0.25, 0.3) is 5.89 Å². The fourth-order valence-corrected chi connectivity index (χ4v) is 2.06. The van der Waals surface area contributed by atoms with Crippen molar-refractivity contribution in [3.8, 4) is 11.7 Å². The standard InChI is InChI=1S/C10H5NO3S/c12-4-8-9-7(5-15-8)14-10(11-9)6-2-1-3-13-6/h1-5H. The van der Waals surface area contributed by atoms with Gasteiger partial charge in [0, 0.05) is 5.38 Å². The van der Waals surface area contributed by atoms with Crippen LogP contribution in [0.1, 0.15) is 9.67 Å². The molecule has 3 heterocycles. The van der Waals surface area contributed by atoms with Crippen LogP contribution in [0, 0.1) is 0 Å². The zero-order valence-corrected chi connectivity index (χ0v) is 8.28. The predicted molar refractivity (Wildman–Crippen MR) is 55.0 cm³/mol. The highest BCUT2D eigenvalue weighted by Gasteiger charge is 2.14. The van der Waals surface area contributed by atoms with Gasteiger partial charge in [-0.2, -0.15) is 0 Å². The van der Waals surface area contributed by atoms with Gasteiger partial charge in [0.15, 0.2) is 17.6 Å². The zero-order valence-electron chi connectivity index (χ0n) is 7.47. The maximum Gasteiger partial charge on any atom is 0.264 e.